The third-order valence-corrected chi connectivity index (χ3v) is 5.64. The number of thiophene rings is 1. The Bertz CT molecular complexity index is 1250. The lowest BCUT2D eigenvalue weighted by molar-refractivity contribution is -0.121. The Morgan fingerprint density at radius 1 is 1.21 bits per heavy atom. The fourth-order valence-electron chi connectivity index (χ4n) is 3.02. The molecule has 0 bridgehead atoms. The lowest BCUT2D eigenvalue weighted by atomic mass is 10.1. The van der Waals surface area contributed by atoms with Crippen molar-refractivity contribution in [2.24, 2.45) is 5.10 Å². The highest BCUT2D eigenvalue weighted by Crippen LogP contribution is 2.21. The van der Waals surface area contributed by atoms with Crippen LogP contribution in [0.3, 0.4) is 0 Å². The van der Waals surface area contributed by atoms with Crippen LogP contribution in [-0.4, -0.2) is 21.7 Å². The number of carbonyl (C=O) groups is 1. The van der Waals surface area contributed by atoms with Crippen LogP contribution in [0.5, 0.6) is 0 Å². The number of fused-ring (bicyclic) bond motifs is 2. The van der Waals surface area contributed by atoms with Gasteiger partial charge in [0.05, 0.1) is 17.9 Å². The van der Waals surface area contributed by atoms with Gasteiger partial charge in [-0.25, -0.2) is 10.4 Å². The Morgan fingerprint density at radius 3 is 2.89 bits per heavy atom. The highest BCUT2D eigenvalue weighted by atomic mass is 32.1. The van der Waals surface area contributed by atoms with Crippen molar-refractivity contribution in [2.45, 2.75) is 19.9 Å². The van der Waals surface area contributed by atoms with E-state index in [0.29, 0.717) is 10.2 Å². The number of nitrogens with zero attached hydrogens (tertiary/aromatic N) is 3. The predicted octanol–water partition coefficient (Wildman–Crippen LogP) is 3.32. The zero-order chi connectivity index (χ0) is 19.5. The number of aromatic nitrogens is 2. The van der Waals surface area contributed by atoms with E-state index in [9.17, 15) is 9.59 Å². The lowest BCUT2D eigenvalue weighted by Gasteiger charge is -2.04. The molecule has 0 fully saturated rings. The molecule has 0 saturated heterocycles. The van der Waals surface area contributed by atoms with Gasteiger partial charge in [-0.05, 0) is 23.3 Å². The third-order valence-electron chi connectivity index (χ3n) is 4.45. The van der Waals surface area contributed by atoms with Crippen LogP contribution in [0.4, 0.5) is 0 Å². The maximum atomic E-state index is 12.5. The van der Waals surface area contributed by atoms with Gasteiger partial charge < -0.3 is 0 Å². The fourth-order valence-corrected chi connectivity index (χ4v) is 3.95. The Morgan fingerprint density at radius 2 is 2.04 bits per heavy atom. The number of nitrogens with one attached hydrogen (secondary N) is 1. The molecule has 7 heteroatoms. The van der Waals surface area contributed by atoms with E-state index in [0.717, 1.165) is 27.6 Å². The second-order valence-corrected chi connectivity index (χ2v) is 7.44. The monoisotopic (exact) mass is 390 g/mol. The molecule has 0 atom stereocenters. The molecule has 4 rings (SSSR count). The van der Waals surface area contributed by atoms with Crippen molar-refractivity contribution in [1.29, 1.82) is 0 Å². The third kappa shape index (κ3) is 3.57. The van der Waals surface area contributed by atoms with Gasteiger partial charge in [0.1, 0.15) is 11.4 Å². The number of hydrazone groups is 1. The summed E-state index contributed by atoms with van der Waals surface area (Å²) in [6.07, 6.45) is 3.87. The number of aryl methyl sites for hydroxylation is 1. The van der Waals surface area contributed by atoms with Gasteiger partial charge in [-0.2, -0.15) is 5.10 Å². The van der Waals surface area contributed by atoms with Crippen molar-refractivity contribution in [3.63, 3.8) is 0 Å². The molecule has 0 spiro atoms. The van der Waals surface area contributed by atoms with Gasteiger partial charge in [0.2, 0.25) is 0 Å². The van der Waals surface area contributed by atoms with E-state index in [1.54, 1.807) is 6.21 Å². The highest BCUT2D eigenvalue weighted by Gasteiger charge is 2.10. The van der Waals surface area contributed by atoms with Crippen LogP contribution in [0.25, 0.3) is 21.0 Å². The number of carbonyl (C=O) groups excluding carboxylic acids is 1. The minimum Gasteiger partial charge on any atom is -0.289 e. The molecule has 0 unspecified atom stereocenters. The molecule has 0 radical (unpaired) electrons. The average Bonchev–Trinajstić information content (AvgIpc) is 3.15. The summed E-state index contributed by atoms with van der Waals surface area (Å²) in [5.74, 6) is -0.384. The first-order chi connectivity index (χ1) is 13.7. The predicted molar refractivity (Wildman–Crippen MR) is 113 cm³/mol. The largest absolute Gasteiger partial charge is 0.289 e. The number of hydrogen-bond donors (Lipinski definition) is 1. The summed E-state index contributed by atoms with van der Waals surface area (Å²) >= 11 is 1.50. The summed E-state index contributed by atoms with van der Waals surface area (Å²) in [4.78, 5) is 30.8. The molecular weight excluding hydrogens is 372 g/mol. The summed E-state index contributed by atoms with van der Waals surface area (Å²) in [6.45, 7) is 1.90. The number of rotatable bonds is 5. The highest BCUT2D eigenvalue weighted by molar-refractivity contribution is 7.18. The minimum absolute atomic E-state index is 0.133. The Labute approximate surface area is 165 Å². The molecule has 0 aliphatic rings. The van der Waals surface area contributed by atoms with E-state index in [1.807, 2.05) is 55.5 Å². The van der Waals surface area contributed by atoms with E-state index >= 15 is 0 Å². The quantitative estimate of drug-likeness (QED) is 0.419. The van der Waals surface area contributed by atoms with Gasteiger partial charge in [-0.3, -0.25) is 14.2 Å². The molecule has 6 nitrogen and oxygen atoms in total. The van der Waals surface area contributed by atoms with Crippen LogP contribution in [0.2, 0.25) is 0 Å². The Hall–Kier alpha value is -3.32. The summed E-state index contributed by atoms with van der Waals surface area (Å²) in [5.41, 5.74) is 3.17. The Kier molecular flexibility index (Phi) is 4.99. The van der Waals surface area contributed by atoms with E-state index in [2.05, 4.69) is 15.5 Å². The standard InChI is InChI=1S/C21H18N4O2S/c1-2-16-10-18-20(28-16)22-13-25(21(18)27)12-19(26)24-23-11-15-8-5-7-14-6-3-4-9-17(14)15/h3-11,13H,2,12H2,1H3,(H,24,26)/b23-11-. The van der Waals surface area contributed by atoms with Crippen LogP contribution in [0.15, 0.2) is 64.8 Å². The molecule has 28 heavy (non-hydrogen) atoms. The van der Waals surface area contributed by atoms with Gasteiger partial charge in [0.15, 0.2) is 0 Å². The van der Waals surface area contributed by atoms with Crippen LogP contribution < -0.4 is 11.0 Å². The summed E-state index contributed by atoms with van der Waals surface area (Å²) < 4.78 is 1.30. The van der Waals surface area contributed by atoms with Crippen molar-refractivity contribution >= 4 is 44.4 Å². The molecule has 1 N–H and O–H groups in total. The molecule has 0 aliphatic heterocycles. The number of benzene rings is 2. The van der Waals surface area contributed by atoms with Crippen LogP contribution in [0.1, 0.15) is 17.4 Å². The topological polar surface area (TPSA) is 76.3 Å². The van der Waals surface area contributed by atoms with E-state index in [1.165, 1.54) is 22.2 Å². The first kappa shape index (κ1) is 18.1. The molecule has 4 aromatic rings. The van der Waals surface area contributed by atoms with Gasteiger partial charge in [0.25, 0.3) is 11.5 Å². The van der Waals surface area contributed by atoms with E-state index < -0.39 is 0 Å². The molecule has 1 amide bonds. The van der Waals surface area contributed by atoms with Crippen molar-refractivity contribution in [2.75, 3.05) is 0 Å². The SMILES string of the molecule is CCc1cc2c(=O)n(CC(=O)N/N=C\c3cccc4ccccc34)cnc2s1. The first-order valence-corrected chi connectivity index (χ1v) is 9.75. The second kappa shape index (κ2) is 7.74. The fraction of sp³-hybridized carbons (Fsp3) is 0.143. The van der Waals surface area contributed by atoms with Crippen LogP contribution in [-0.2, 0) is 17.8 Å². The molecule has 140 valence electrons. The molecule has 0 aliphatic carbocycles. The van der Waals surface area contributed by atoms with E-state index in [4.69, 9.17) is 0 Å². The lowest BCUT2D eigenvalue weighted by Crippen LogP contribution is -2.29. The van der Waals surface area contributed by atoms with Crippen molar-refractivity contribution < 1.29 is 4.79 Å². The zero-order valence-corrected chi connectivity index (χ0v) is 16.1. The first-order valence-electron chi connectivity index (χ1n) is 8.93. The van der Waals surface area contributed by atoms with Crippen LogP contribution in [0, 0.1) is 0 Å². The minimum atomic E-state index is -0.384. The van der Waals surface area contributed by atoms with Crippen molar-refractivity contribution in [3.05, 3.63) is 75.7 Å². The number of amides is 1. The van der Waals surface area contributed by atoms with Gasteiger partial charge in [-0.15, -0.1) is 11.3 Å². The van der Waals surface area contributed by atoms with Gasteiger partial charge >= 0.3 is 0 Å². The molecule has 2 aromatic carbocycles. The van der Waals surface area contributed by atoms with Gasteiger partial charge in [-0.1, -0.05) is 49.4 Å². The summed E-state index contributed by atoms with van der Waals surface area (Å²) in [7, 11) is 0. The van der Waals surface area contributed by atoms with Crippen molar-refractivity contribution in [1.82, 2.24) is 15.0 Å². The smallest absolute Gasteiger partial charge is 0.262 e. The maximum Gasteiger partial charge on any atom is 0.262 e. The Balaban J connectivity index is 1.49. The summed E-state index contributed by atoms with van der Waals surface area (Å²) in [6, 6.07) is 15.7. The van der Waals surface area contributed by atoms with Crippen molar-refractivity contribution in [3.8, 4) is 0 Å². The number of hydrogen-bond acceptors (Lipinski definition) is 5. The van der Waals surface area contributed by atoms with Crippen LogP contribution >= 0.6 is 11.3 Å². The zero-order valence-electron chi connectivity index (χ0n) is 15.3. The molecule has 0 saturated carbocycles. The molecular formula is C21H18N4O2S. The van der Waals surface area contributed by atoms with E-state index in [-0.39, 0.29) is 18.0 Å². The normalized spacial score (nSPS) is 11.5. The van der Waals surface area contributed by atoms with Gasteiger partial charge in [0, 0.05) is 10.4 Å². The molecule has 2 aromatic heterocycles. The molecule has 2 heterocycles. The summed E-state index contributed by atoms with van der Waals surface area (Å²) in [5, 5.41) is 6.75. The second-order valence-electron chi connectivity index (χ2n) is 6.32. The average molecular weight is 390 g/mol. The maximum absolute atomic E-state index is 12.5.